The zero-order valence-electron chi connectivity index (χ0n) is 9.84. The Morgan fingerprint density at radius 2 is 1.83 bits per heavy atom. The van der Waals surface area contributed by atoms with E-state index >= 15 is 0 Å². The molecule has 1 aromatic carbocycles. The van der Waals surface area contributed by atoms with Gasteiger partial charge in [-0.25, -0.2) is 9.78 Å². The minimum absolute atomic E-state index is 0.158. The molecule has 0 bridgehead atoms. The molecule has 90 valence electrons. The van der Waals surface area contributed by atoms with Crippen LogP contribution in [0.3, 0.4) is 0 Å². The summed E-state index contributed by atoms with van der Waals surface area (Å²) in [4.78, 5) is 15.6. The third kappa shape index (κ3) is 1.99. The van der Waals surface area contributed by atoms with Crippen molar-refractivity contribution in [1.29, 1.82) is 0 Å². The van der Waals surface area contributed by atoms with E-state index in [4.69, 9.17) is 0 Å². The third-order valence-electron chi connectivity index (χ3n) is 3.20. The summed E-state index contributed by atoms with van der Waals surface area (Å²) in [6.45, 7) is 0. The van der Waals surface area contributed by atoms with Crippen LogP contribution in [0.5, 0.6) is 0 Å². The van der Waals surface area contributed by atoms with Crippen LogP contribution in [-0.2, 0) is 0 Å². The topological polar surface area (TPSA) is 50.2 Å². The fourth-order valence-electron chi connectivity index (χ4n) is 2.09. The number of hydrogen-bond acceptors (Lipinski definition) is 2. The van der Waals surface area contributed by atoms with Gasteiger partial charge in [0.05, 0.1) is 0 Å². The highest BCUT2D eigenvalue weighted by atomic mass is 16.4. The number of aromatic carboxylic acids is 1. The minimum Gasteiger partial charge on any atom is -0.476 e. The number of carbonyl (C=O) groups is 1. The average molecular weight is 239 g/mol. The van der Waals surface area contributed by atoms with E-state index in [1.54, 1.807) is 0 Å². The summed E-state index contributed by atoms with van der Waals surface area (Å²) in [5, 5.41) is 9.29. The lowest BCUT2D eigenvalue weighted by Gasteiger charge is -2.07. The highest BCUT2D eigenvalue weighted by Gasteiger charge is 2.26. The molecule has 3 nitrogen and oxygen atoms in total. The first-order chi connectivity index (χ1) is 8.75. The Balaban J connectivity index is 2.11. The van der Waals surface area contributed by atoms with Crippen LogP contribution in [0.2, 0.25) is 0 Å². The number of pyridine rings is 1. The molecule has 3 heteroatoms. The van der Waals surface area contributed by atoms with Crippen molar-refractivity contribution < 1.29 is 9.90 Å². The van der Waals surface area contributed by atoms with Crippen LogP contribution in [0.1, 0.15) is 34.9 Å². The van der Waals surface area contributed by atoms with Gasteiger partial charge in [0.15, 0.2) is 5.69 Å². The average Bonchev–Trinajstić information content (AvgIpc) is 3.23. The zero-order chi connectivity index (χ0) is 12.5. The Morgan fingerprint density at radius 3 is 2.44 bits per heavy atom. The van der Waals surface area contributed by atoms with Gasteiger partial charge in [0.1, 0.15) is 0 Å². The Morgan fingerprint density at radius 1 is 1.11 bits per heavy atom. The molecule has 0 spiro atoms. The molecule has 0 saturated heterocycles. The second kappa shape index (κ2) is 4.26. The fourth-order valence-corrected chi connectivity index (χ4v) is 2.09. The predicted molar refractivity (Wildman–Crippen MR) is 68.6 cm³/mol. The van der Waals surface area contributed by atoms with Gasteiger partial charge >= 0.3 is 5.97 Å². The number of carboxylic acids is 1. The number of nitrogens with zero attached hydrogens (tertiary/aromatic N) is 1. The van der Waals surface area contributed by atoms with Gasteiger partial charge < -0.3 is 5.11 Å². The molecule has 0 aliphatic heterocycles. The standard InChI is InChI=1S/C15H13NO2/c17-15(18)14-12(10-4-2-1-3-5-10)8-9-13(16-14)11-6-7-11/h1-5,8-9,11H,6-7H2,(H,17,18). The van der Waals surface area contributed by atoms with Crippen LogP contribution in [0.15, 0.2) is 42.5 Å². The Bertz CT molecular complexity index is 589. The zero-order valence-corrected chi connectivity index (χ0v) is 9.84. The van der Waals surface area contributed by atoms with Crippen molar-refractivity contribution in [1.82, 2.24) is 4.98 Å². The lowest BCUT2D eigenvalue weighted by molar-refractivity contribution is 0.0691. The molecule has 0 radical (unpaired) electrons. The Kier molecular flexibility index (Phi) is 2.59. The van der Waals surface area contributed by atoms with Crippen molar-refractivity contribution in [3.05, 3.63) is 53.9 Å². The van der Waals surface area contributed by atoms with E-state index < -0.39 is 5.97 Å². The molecular weight excluding hydrogens is 226 g/mol. The normalized spacial score (nSPS) is 14.4. The first-order valence-electron chi connectivity index (χ1n) is 6.05. The first kappa shape index (κ1) is 11.0. The number of carboxylic acid groups (broad SMARTS) is 1. The SMILES string of the molecule is O=C(O)c1nc(C2CC2)ccc1-c1ccccc1. The third-order valence-corrected chi connectivity index (χ3v) is 3.20. The Labute approximate surface area is 105 Å². The first-order valence-corrected chi connectivity index (χ1v) is 6.05. The fraction of sp³-hybridized carbons (Fsp3) is 0.200. The molecule has 1 fully saturated rings. The summed E-state index contributed by atoms with van der Waals surface area (Å²) < 4.78 is 0. The molecule has 18 heavy (non-hydrogen) atoms. The van der Waals surface area contributed by atoms with E-state index in [-0.39, 0.29) is 5.69 Å². The molecule has 1 heterocycles. The van der Waals surface area contributed by atoms with Gasteiger partial charge in [0.2, 0.25) is 0 Å². The molecule has 2 aromatic rings. The van der Waals surface area contributed by atoms with Gasteiger partial charge in [-0.05, 0) is 24.5 Å². The van der Waals surface area contributed by atoms with Crippen LogP contribution < -0.4 is 0 Å². The largest absolute Gasteiger partial charge is 0.476 e. The van der Waals surface area contributed by atoms with Crippen molar-refractivity contribution in [3.63, 3.8) is 0 Å². The smallest absolute Gasteiger partial charge is 0.355 e. The molecule has 1 saturated carbocycles. The molecule has 0 atom stereocenters. The van der Waals surface area contributed by atoms with Gasteiger partial charge in [-0.3, -0.25) is 0 Å². The summed E-state index contributed by atoms with van der Waals surface area (Å²) in [7, 11) is 0. The Hall–Kier alpha value is -2.16. The molecule has 0 amide bonds. The molecule has 3 rings (SSSR count). The van der Waals surface area contributed by atoms with Crippen LogP contribution in [0, 0.1) is 0 Å². The summed E-state index contributed by atoms with van der Waals surface area (Å²) in [5.74, 6) is -0.496. The van der Waals surface area contributed by atoms with Gasteiger partial charge in [-0.2, -0.15) is 0 Å². The quantitative estimate of drug-likeness (QED) is 0.893. The molecule has 0 unspecified atom stereocenters. The van der Waals surface area contributed by atoms with Crippen LogP contribution in [-0.4, -0.2) is 16.1 Å². The van der Waals surface area contributed by atoms with Crippen molar-refractivity contribution in [2.75, 3.05) is 0 Å². The number of benzene rings is 1. The van der Waals surface area contributed by atoms with Crippen molar-refractivity contribution in [2.24, 2.45) is 0 Å². The molecular formula is C15H13NO2. The second-order valence-corrected chi connectivity index (χ2v) is 4.58. The minimum atomic E-state index is -0.962. The van der Waals surface area contributed by atoms with Crippen molar-refractivity contribution in [2.45, 2.75) is 18.8 Å². The maximum absolute atomic E-state index is 11.3. The van der Waals surface area contributed by atoms with E-state index in [0.717, 1.165) is 24.1 Å². The summed E-state index contributed by atoms with van der Waals surface area (Å²) in [6.07, 6.45) is 2.24. The monoisotopic (exact) mass is 239 g/mol. The molecule has 1 N–H and O–H groups in total. The second-order valence-electron chi connectivity index (χ2n) is 4.58. The maximum atomic E-state index is 11.3. The van der Waals surface area contributed by atoms with Crippen LogP contribution in [0.4, 0.5) is 0 Å². The summed E-state index contributed by atoms with van der Waals surface area (Å²) >= 11 is 0. The van der Waals surface area contributed by atoms with Gasteiger partial charge in [0, 0.05) is 17.2 Å². The van der Waals surface area contributed by atoms with Crippen LogP contribution >= 0.6 is 0 Å². The van der Waals surface area contributed by atoms with E-state index in [1.165, 1.54) is 0 Å². The maximum Gasteiger partial charge on any atom is 0.355 e. The highest BCUT2D eigenvalue weighted by Crippen LogP contribution is 2.39. The number of rotatable bonds is 3. The predicted octanol–water partition coefficient (Wildman–Crippen LogP) is 3.32. The van der Waals surface area contributed by atoms with Gasteiger partial charge in [-0.1, -0.05) is 36.4 Å². The summed E-state index contributed by atoms with van der Waals surface area (Å²) in [5.41, 5.74) is 2.65. The molecule has 1 aromatic heterocycles. The van der Waals surface area contributed by atoms with E-state index in [0.29, 0.717) is 11.5 Å². The molecule has 1 aliphatic rings. The van der Waals surface area contributed by atoms with Gasteiger partial charge in [-0.15, -0.1) is 0 Å². The molecule has 1 aliphatic carbocycles. The van der Waals surface area contributed by atoms with Crippen molar-refractivity contribution in [3.8, 4) is 11.1 Å². The summed E-state index contributed by atoms with van der Waals surface area (Å²) in [6, 6.07) is 13.3. The van der Waals surface area contributed by atoms with E-state index in [1.807, 2.05) is 42.5 Å². The van der Waals surface area contributed by atoms with Crippen molar-refractivity contribution >= 4 is 5.97 Å². The lowest BCUT2D eigenvalue weighted by atomic mass is 10.0. The lowest BCUT2D eigenvalue weighted by Crippen LogP contribution is -2.05. The van der Waals surface area contributed by atoms with E-state index in [2.05, 4.69) is 4.98 Å². The van der Waals surface area contributed by atoms with Crippen LogP contribution in [0.25, 0.3) is 11.1 Å². The number of hydrogen-bond donors (Lipinski definition) is 1. The number of aromatic nitrogens is 1. The van der Waals surface area contributed by atoms with E-state index in [9.17, 15) is 9.90 Å². The highest BCUT2D eigenvalue weighted by molar-refractivity contribution is 5.93. The van der Waals surface area contributed by atoms with Gasteiger partial charge in [0.25, 0.3) is 0 Å².